The van der Waals surface area contributed by atoms with Gasteiger partial charge < -0.3 is 5.11 Å². The summed E-state index contributed by atoms with van der Waals surface area (Å²) in [5.41, 5.74) is 3.03. The molecule has 23 heavy (non-hydrogen) atoms. The highest BCUT2D eigenvalue weighted by Crippen LogP contribution is 2.28. The molecule has 1 fully saturated rings. The van der Waals surface area contributed by atoms with E-state index in [1.807, 2.05) is 41.9 Å². The maximum Gasteiger partial charge on any atom is 0.137 e. The number of aliphatic hydroxyl groups is 1. The summed E-state index contributed by atoms with van der Waals surface area (Å²) in [6.45, 7) is 6.23. The minimum atomic E-state index is 0.263. The molecule has 2 aromatic rings. The lowest BCUT2D eigenvalue weighted by Crippen LogP contribution is -2.42. The average Bonchev–Trinajstić information content (AvgIpc) is 2.85. The zero-order valence-electron chi connectivity index (χ0n) is 13.7. The third-order valence-corrected chi connectivity index (χ3v) is 5.24. The van der Waals surface area contributed by atoms with Gasteiger partial charge in [0.05, 0.1) is 11.4 Å². The maximum absolute atomic E-state index is 9.45. The molecule has 0 saturated carbocycles. The van der Waals surface area contributed by atoms with Crippen molar-refractivity contribution in [1.29, 1.82) is 0 Å². The van der Waals surface area contributed by atoms with Gasteiger partial charge in [0.15, 0.2) is 0 Å². The summed E-state index contributed by atoms with van der Waals surface area (Å²) in [4.78, 5) is 2.41. The van der Waals surface area contributed by atoms with E-state index in [4.69, 9.17) is 11.6 Å². The third kappa shape index (κ3) is 3.44. The molecule has 0 bridgehead atoms. The Labute approximate surface area is 142 Å². The highest BCUT2D eigenvalue weighted by Gasteiger charge is 2.27. The highest BCUT2D eigenvalue weighted by atomic mass is 35.5. The van der Waals surface area contributed by atoms with Gasteiger partial charge in [-0.25, -0.2) is 4.68 Å². The molecule has 1 aliphatic heterocycles. The summed E-state index contributed by atoms with van der Waals surface area (Å²) >= 11 is 6.63. The van der Waals surface area contributed by atoms with E-state index in [0.29, 0.717) is 17.1 Å². The number of piperidine rings is 1. The zero-order valence-corrected chi connectivity index (χ0v) is 14.5. The molecule has 1 aliphatic rings. The van der Waals surface area contributed by atoms with E-state index >= 15 is 0 Å². The van der Waals surface area contributed by atoms with Gasteiger partial charge in [-0.3, -0.25) is 4.90 Å². The zero-order chi connectivity index (χ0) is 16.4. The van der Waals surface area contributed by atoms with Gasteiger partial charge in [-0.1, -0.05) is 29.8 Å². The predicted octanol–water partition coefficient (Wildman–Crippen LogP) is 3.43. The quantitative estimate of drug-likeness (QED) is 0.932. The van der Waals surface area contributed by atoms with E-state index in [0.717, 1.165) is 42.9 Å². The Hall–Kier alpha value is -1.36. The first-order valence-corrected chi connectivity index (χ1v) is 8.62. The largest absolute Gasteiger partial charge is 0.396 e. The minimum Gasteiger partial charge on any atom is -0.396 e. The van der Waals surface area contributed by atoms with Gasteiger partial charge in [0, 0.05) is 31.3 Å². The van der Waals surface area contributed by atoms with Crippen LogP contribution in [0.5, 0.6) is 0 Å². The van der Waals surface area contributed by atoms with E-state index in [1.54, 1.807) is 0 Å². The first-order chi connectivity index (χ1) is 11.1. The Kier molecular flexibility index (Phi) is 5.05. The van der Waals surface area contributed by atoms with Crippen molar-refractivity contribution in [2.45, 2.75) is 39.3 Å². The molecule has 2 unspecified atom stereocenters. The number of rotatable bonds is 4. The fourth-order valence-electron chi connectivity index (χ4n) is 3.29. The second-order valence-electron chi connectivity index (χ2n) is 6.51. The monoisotopic (exact) mass is 333 g/mol. The SMILES string of the molecule is Cc1nn(-c2ccccc2)c(Cl)c1CN1CC(CO)CCC1C. The molecular weight excluding hydrogens is 310 g/mol. The number of para-hydroxylation sites is 1. The molecule has 1 N–H and O–H groups in total. The first-order valence-electron chi connectivity index (χ1n) is 8.24. The lowest BCUT2D eigenvalue weighted by atomic mass is 9.93. The van der Waals surface area contributed by atoms with Gasteiger partial charge in [0.1, 0.15) is 5.15 Å². The fourth-order valence-corrected chi connectivity index (χ4v) is 3.62. The van der Waals surface area contributed by atoms with Crippen LogP contribution in [0, 0.1) is 12.8 Å². The maximum atomic E-state index is 9.45. The summed E-state index contributed by atoms with van der Waals surface area (Å²) < 4.78 is 1.81. The number of aryl methyl sites for hydroxylation is 1. The summed E-state index contributed by atoms with van der Waals surface area (Å²) in [5, 5.41) is 14.8. The number of likely N-dealkylation sites (tertiary alicyclic amines) is 1. The van der Waals surface area contributed by atoms with Crippen LogP contribution in [0.15, 0.2) is 30.3 Å². The van der Waals surface area contributed by atoms with Crippen LogP contribution >= 0.6 is 11.6 Å². The summed E-state index contributed by atoms with van der Waals surface area (Å²) in [7, 11) is 0. The molecule has 1 saturated heterocycles. The van der Waals surface area contributed by atoms with Crippen LogP contribution < -0.4 is 0 Å². The van der Waals surface area contributed by atoms with Crippen molar-refractivity contribution in [2.24, 2.45) is 5.92 Å². The number of nitrogens with zero attached hydrogens (tertiary/aromatic N) is 3. The minimum absolute atomic E-state index is 0.263. The average molecular weight is 334 g/mol. The highest BCUT2D eigenvalue weighted by molar-refractivity contribution is 6.30. The molecule has 124 valence electrons. The van der Waals surface area contributed by atoms with Crippen LogP contribution in [0.25, 0.3) is 5.69 Å². The molecule has 0 radical (unpaired) electrons. The van der Waals surface area contributed by atoms with Crippen LogP contribution in [0.2, 0.25) is 5.15 Å². The molecule has 5 heteroatoms. The van der Waals surface area contributed by atoms with E-state index in [2.05, 4.69) is 16.9 Å². The van der Waals surface area contributed by atoms with Crippen molar-refractivity contribution in [3.8, 4) is 5.69 Å². The van der Waals surface area contributed by atoms with Crippen molar-refractivity contribution in [2.75, 3.05) is 13.2 Å². The fraction of sp³-hybridized carbons (Fsp3) is 0.500. The van der Waals surface area contributed by atoms with E-state index < -0.39 is 0 Å². The molecule has 1 aromatic heterocycles. The molecule has 3 rings (SSSR count). The van der Waals surface area contributed by atoms with Crippen LogP contribution in [0.1, 0.15) is 31.0 Å². The molecule has 2 heterocycles. The third-order valence-electron chi connectivity index (χ3n) is 4.85. The Morgan fingerprint density at radius 2 is 2.00 bits per heavy atom. The van der Waals surface area contributed by atoms with Crippen molar-refractivity contribution in [3.05, 3.63) is 46.7 Å². The van der Waals surface area contributed by atoms with Crippen molar-refractivity contribution in [1.82, 2.24) is 14.7 Å². The van der Waals surface area contributed by atoms with E-state index in [-0.39, 0.29) is 6.61 Å². The Balaban J connectivity index is 1.85. The van der Waals surface area contributed by atoms with Crippen LogP contribution in [-0.2, 0) is 6.54 Å². The number of benzene rings is 1. The van der Waals surface area contributed by atoms with Crippen molar-refractivity contribution >= 4 is 11.6 Å². The molecule has 0 amide bonds. The van der Waals surface area contributed by atoms with Gasteiger partial charge in [0.25, 0.3) is 0 Å². The summed E-state index contributed by atoms with van der Waals surface area (Å²) in [5.74, 6) is 0.370. The Morgan fingerprint density at radius 3 is 2.70 bits per heavy atom. The van der Waals surface area contributed by atoms with Crippen LogP contribution in [0.4, 0.5) is 0 Å². The number of aromatic nitrogens is 2. The number of hydrogen-bond donors (Lipinski definition) is 1. The summed E-state index contributed by atoms with van der Waals surface area (Å²) in [6, 6.07) is 10.5. The van der Waals surface area contributed by atoms with Crippen molar-refractivity contribution in [3.63, 3.8) is 0 Å². The van der Waals surface area contributed by atoms with Crippen molar-refractivity contribution < 1.29 is 5.11 Å². The lowest BCUT2D eigenvalue weighted by Gasteiger charge is -2.37. The molecule has 2 atom stereocenters. The molecule has 4 nitrogen and oxygen atoms in total. The van der Waals surface area contributed by atoms with Gasteiger partial charge in [-0.15, -0.1) is 0 Å². The topological polar surface area (TPSA) is 41.3 Å². The van der Waals surface area contributed by atoms with E-state index in [1.165, 1.54) is 0 Å². The van der Waals surface area contributed by atoms with Gasteiger partial charge in [-0.05, 0) is 44.7 Å². The number of aliphatic hydroxyl groups excluding tert-OH is 1. The lowest BCUT2D eigenvalue weighted by molar-refractivity contribution is 0.0770. The van der Waals surface area contributed by atoms with Crippen LogP contribution in [0.3, 0.4) is 0 Å². The molecule has 0 aliphatic carbocycles. The molecule has 1 aromatic carbocycles. The Morgan fingerprint density at radius 1 is 1.26 bits per heavy atom. The Bertz CT molecular complexity index is 656. The standard InChI is InChI=1S/C18H24ClN3O/c1-13-8-9-15(12-23)10-21(13)11-17-14(2)20-22(18(17)19)16-6-4-3-5-7-16/h3-7,13,15,23H,8-12H2,1-2H3. The predicted molar refractivity (Wildman–Crippen MR) is 93.0 cm³/mol. The van der Waals surface area contributed by atoms with Gasteiger partial charge >= 0.3 is 0 Å². The number of halogens is 1. The van der Waals surface area contributed by atoms with E-state index in [9.17, 15) is 5.11 Å². The normalized spacial score (nSPS) is 22.4. The van der Waals surface area contributed by atoms with Gasteiger partial charge in [-0.2, -0.15) is 5.10 Å². The van der Waals surface area contributed by atoms with Crippen LogP contribution in [-0.4, -0.2) is 39.0 Å². The smallest absolute Gasteiger partial charge is 0.137 e. The molecule has 0 spiro atoms. The second kappa shape index (κ2) is 7.04. The molecular formula is C18H24ClN3O. The second-order valence-corrected chi connectivity index (χ2v) is 6.86. The first kappa shape index (κ1) is 16.5. The summed E-state index contributed by atoms with van der Waals surface area (Å²) in [6.07, 6.45) is 2.22. The van der Waals surface area contributed by atoms with Gasteiger partial charge in [0.2, 0.25) is 0 Å². The number of hydrogen-bond acceptors (Lipinski definition) is 3.